The van der Waals surface area contributed by atoms with Gasteiger partial charge in [0.15, 0.2) is 0 Å². The number of likely N-dealkylation sites (tertiary alicyclic amines) is 1. The van der Waals surface area contributed by atoms with E-state index in [4.69, 9.17) is 0 Å². The minimum Gasteiger partial charge on any atom is -0.327 e. The van der Waals surface area contributed by atoms with Crippen LogP contribution in [-0.4, -0.2) is 23.3 Å². The van der Waals surface area contributed by atoms with Crippen molar-refractivity contribution in [3.63, 3.8) is 0 Å². The minimum atomic E-state index is -0.605. The van der Waals surface area contributed by atoms with Crippen molar-refractivity contribution < 1.29 is 9.59 Å². The number of hydrogen-bond acceptors (Lipinski definition) is 2. The standard InChI is InChI=1S/C25H24N2O2/c28-22-11-4-5-16-27(22)24(19-7-2-1-3-8-19)25(29)26-21-15-14-18-13-12-17-9-6-10-20(21)23(17)18/h1-3,6-10,14-15,24H,4-5,11-13,16H2,(H,26,29). The van der Waals surface area contributed by atoms with E-state index in [9.17, 15) is 9.59 Å². The highest BCUT2D eigenvalue weighted by Gasteiger charge is 2.33. The molecule has 29 heavy (non-hydrogen) atoms. The van der Waals surface area contributed by atoms with Gasteiger partial charge >= 0.3 is 0 Å². The van der Waals surface area contributed by atoms with Crippen LogP contribution in [0.1, 0.15) is 42.0 Å². The molecule has 1 fully saturated rings. The Morgan fingerprint density at radius 3 is 2.45 bits per heavy atom. The second-order valence-corrected chi connectivity index (χ2v) is 7.96. The van der Waals surface area contributed by atoms with Crippen LogP contribution in [0.25, 0.3) is 10.8 Å². The van der Waals surface area contributed by atoms with Crippen LogP contribution in [0.2, 0.25) is 0 Å². The van der Waals surface area contributed by atoms with Crippen LogP contribution in [0.15, 0.2) is 60.7 Å². The van der Waals surface area contributed by atoms with Crippen molar-refractivity contribution in [3.8, 4) is 0 Å². The van der Waals surface area contributed by atoms with E-state index >= 15 is 0 Å². The Kier molecular flexibility index (Phi) is 4.55. The topological polar surface area (TPSA) is 49.4 Å². The van der Waals surface area contributed by atoms with Crippen molar-refractivity contribution in [3.05, 3.63) is 77.4 Å². The van der Waals surface area contributed by atoms with Crippen LogP contribution in [0, 0.1) is 0 Å². The molecule has 4 heteroatoms. The maximum absolute atomic E-state index is 13.5. The molecule has 0 radical (unpaired) electrons. The van der Waals surface area contributed by atoms with Gasteiger partial charge in [0, 0.05) is 24.0 Å². The van der Waals surface area contributed by atoms with Crippen LogP contribution in [0.5, 0.6) is 0 Å². The molecule has 0 spiro atoms. The van der Waals surface area contributed by atoms with E-state index in [2.05, 4.69) is 29.6 Å². The number of amides is 2. The molecule has 0 bridgehead atoms. The van der Waals surface area contributed by atoms with Crippen LogP contribution >= 0.6 is 0 Å². The summed E-state index contributed by atoms with van der Waals surface area (Å²) in [5.41, 5.74) is 4.37. The molecule has 1 heterocycles. The smallest absolute Gasteiger partial charge is 0.251 e. The van der Waals surface area contributed by atoms with Gasteiger partial charge < -0.3 is 10.2 Å². The Labute approximate surface area is 170 Å². The summed E-state index contributed by atoms with van der Waals surface area (Å²) in [6.07, 6.45) is 4.45. The van der Waals surface area contributed by atoms with Crippen LogP contribution in [-0.2, 0) is 22.4 Å². The van der Waals surface area contributed by atoms with Gasteiger partial charge in [0.2, 0.25) is 5.91 Å². The summed E-state index contributed by atoms with van der Waals surface area (Å²) in [6.45, 7) is 0.621. The third-order valence-corrected chi connectivity index (χ3v) is 6.17. The molecule has 146 valence electrons. The van der Waals surface area contributed by atoms with E-state index in [1.54, 1.807) is 4.90 Å². The number of piperidine rings is 1. The van der Waals surface area contributed by atoms with E-state index in [-0.39, 0.29) is 11.8 Å². The molecule has 1 unspecified atom stereocenters. The maximum Gasteiger partial charge on any atom is 0.251 e. The lowest BCUT2D eigenvalue weighted by Crippen LogP contribution is -2.43. The fourth-order valence-electron chi connectivity index (χ4n) is 4.76. The van der Waals surface area contributed by atoms with Gasteiger partial charge in [-0.1, -0.05) is 54.6 Å². The van der Waals surface area contributed by atoms with Gasteiger partial charge in [-0.25, -0.2) is 0 Å². The van der Waals surface area contributed by atoms with Gasteiger partial charge in [-0.2, -0.15) is 0 Å². The molecule has 1 aliphatic carbocycles. The van der Waals surface area contributed by atoms with Crippen molar-refractivity contribution in [1.82, 2.24) is 4.90 Å². The normalized spacial score (nSPS) is 16.8. The molecule has 0 saturated carbocycles. The molecule has 2 aliphatic rings. The molecule has 1 saturated heterocycles. The zero-order chi connectivity index (χ0) is 19.8. The van der Waals surface area contributed by atoms with Crippen LogP contribution < -0.4 is 5.32 Å². The fraction of sp³-hybridized carbons (Fsp3) is 0.280. The highest BCUT2D eigenvalue weighted by Crippen LogP contribution is 2.36. The molecule has 4 nitrogen and oxygen atoms in total. The molecule has 3 aromatic rings. The third kappa shape index (κ3) is 3.19. The Bertz CT molecular complexity index is 1080. The minimum absolute atomic E-state index is 0.0562. The van der Waals surface area contributed by atoms with E-state index in [1.807, 2.05) is 36.4 Å². The number of nitrogens with one attached hydrogen (secondary N) is 1. The number of nitrogens with zero attached hydrogens (tertiary/aromatic N) is 1. The summed E-state index contributed by atoms with van der Waals surface area (Å²) < 4.78 is 0. The lowest BCUT2D eigenvalue weighted by atomic mass is 9.99. The van der Waals surface area contributed by atoms with Gasteiger partial charge in [0.1, 0.15) is 6.04 Å². The third-order valence-electron chi connectivity index (χ3n) is 6.17. The van der Waals surface area contributed by atoms with Gasteiger partial charge in [-0.3, -0.25) is 9.59 Å². The monoisotopic (exact) mass is 384 g/mol. The molecule has 2 amide bonds. The first-order valence-electron chi connectivity index (χ1n) is 10.4. The molecule has 5 rings (SSSR count). The largest absolute Gasteiger partial charge is 0.327 e. The Hall–Kier alpha value is -3.14. The Morgan fingerprint density at radius 2 is 1.66 bits per heavy atom. The summed E-state index contributed by atoms with van der Waals surface area (Å²) in [5, 5.41) is 5.51. The second kappa shape index (κ2) is 7.36. The first-order valence-corrected chi connectivity index (χ1v) is 10.4. The summed E-state index contributed by atoms with van der Waals surface area (Å²) in [5.74, 6) is -0.0918. The summed E-state index contributed by atoms with van der Waals surface area (Å²) in [7, 11) is 0. The van der Waals surface area contributed by atoms with Crippen molar-refractivity contribution in [1.29, 1.82) is 0 Å². The van der Waals surface area contributed by atoms with Crippen molar-refractivity contribution in [2.75, 3.05) is 11.9 Å². The molecule has 1 aliphatic heterocycles. The van der Waals surface area contributed by atoms with E-state index in [0.717, 1.165) is 42.3 Å². The van der Waals surface area contributed by atoms with E-state index in [0.29, 0.717) is 13.0 Å². The van der Waals surface area contributed by atoms with Gasteiger partial charge in [0.05, 0.1) is 0 Å². The van der Waals surface area contributed by atoms with E-state index in [1.165, 1.54) is 16.5 Å². The Balaban J connectivity index is 1.52. The van der Waals surface area contributed by atoms with Gasteiger partial charge in [-0.15, -0.1) is 0 Å². The van der Waals surface area contributed by atoms with Crippen molar-refractivity contribution in [2.45, 2.75) is 38.1 Å². The first kappa shape index (κ1) is 17.9. The Morgan fingerprint density at radius 1 is 0.862 bits per heavy atom. The number of anilines is 1. The molecular formula is C25H24N2O2. The number of benzene rings is 3. The first-order chi connectivity index (χ1) is 14.2. The number of aryl methyl sites for hydroxylation is 2. The van der Waals surface area contributed by atoms with Gasteiger partial charge in [-0.05, 0) is 53.8 Å². The molecule has 1 atom stereocenters. The molecule has 1 N–H and O–H groups in total. The quantitative estimate of drug-likeness (QED) is 0.713. The number of rotatable bonds is 4. The molecule has 0 aromatic heterocycles. The maximum atomic E-state index is 13.5. The lowest BCUT2D eigenvalue weighted by Gasteiger charge is -2.34. The predicted octanol–water partition coefficient (Wildman–Crippen LogP) is 4.63. The summed E-state index contributed by atoms with van der Waals surface area (Å²) in [4.78, 5) is 27.8. The van der Waals surface area contributed by atoms with E-state index < -0.39 is 6.04 Å². The second-order valence-electron chi connectivity index (χ2n) is 7.96. The van der Waals surface area contributed by atoms with Crippen molar-refractivity contribution in [2.24, 2.45) is 0 Å². The SMILES string of the molecule is O=C(Nc1ccc2c3c(cccc13)CC2)C(c1ccccc1)N1CCCCC1=O. The van der Waals surface area contributed by atoms with Gasteiger partial charge in [0.25, 0.3) is 5.91 Å². The molecule has 3 aromatic carbocycles. The highest BCUT2D eigenvalue weighted by molar-refractivity contribution is 6.07. The fourth-order valence-corrected chi connectivity index (χ4v) is 4.76. The molecular weight excluding hydrogens is 360 g/mol. The predicted molar refractivity (Wildman–Crippen MR) is 115 cm³/mol. The zero-order valence-electron chi connectivity index (χ0n) is 16.4. The number of hydrogen-bond donors (Lipinski definition) is 1. The summed E-state index contributed by atoms with van der Waals surface area (Å²) in [6, 6.07) is 19.5. The highest BCUT2D eigenvalue weighted by atomic mass is 16.2. The summed E-state index contributed by atoms with van der Waals surface area (Å²) >= 11 is 0. The van der Waals surface area contributed by atoms with Crippen LogP contribution in [0.3, 0.4) is 0 Å². The number of carbonyl (C=O) groups is 2. The van der Waals surface area contributed by atoms with Crippen LogP contribution in [0.4, 0.5) is 5.69 Å². The average molecular weight is 384 g/mol. The zero-order valence-corrected chi connectivity index (χ0v) is 16.4. The van der Waals surface area contributed by atoms with Crippen molar-refractivity contribution >= 4 is 28.3 Å². The average Bonchev–Trinajstić information content (AvgIpc) is 3.17. The lowest BCUT2D eigenvalue weighted by molar-refractivity contribution is -0.141. The number of carbonyl (C=O) groups excluding carboxylic acids is 2.